The topological polar surface area (TPSA) is 46.2 Å². The molecule has 13 heavy (non-hydrogen) atoms. The van der Waals surface area contributed by atoms with E-state index in [-0.39, 0.29) is 0 Å². The molecule has 0 aliphatic heterocycles. The molecule has 2 nitrogen and oxygen atoms in total. The van der Waals surface area contributed by atoms with E-state index < -0.39 is 0 Å². The van der Waals surface area contributed by atoms with Crippen molar-refractivity contribution < 1.29 is 5.11 Å². The van der Waals surface area contributed by atoms with Crippen LogP contribution in [0.4, 0.5) is 0 Å². The Morgan fingerprint density at radius 1 is 1.23 bits per heavy atom. The summed E-state index contributed by atoms with van der Waals surface area (Å²) in [6.45, 7) is 0. The number of nitrogens with two attached hydrogens (primary N) is 1. The lowest BCUT2D eigenvalue weighted by molar-refractivity contribution is 0.472. The summed E-state index contributed by atoms with van der Waals surface area (Å²) in [4.78, 5) is 0. The highest BCUT2D eigenvalue weighted by Gasteiger charge is 2.41. The van der Waals surface area contributed by atoms with Gasteiger partial charge in [0, 0.05) is 12.0 Å². The van der Waals surface area contributed by atoms with Crippen LogP contribution in [0.5, 0.6) is 5.75 Å². The van der Waals surface area contributed by atoms with Gasteiger partial charge in [-0.15, -0.1) is 0 Å². The molecule has 3 unspecified atom stereocenters. The largest absolute Gasteiger partial charge is 0.508 e. The Kier molecular flexibility index (Phi) is 1.29. The number of hydrogen-bond acceptors (Lipinski definition) is 2. The zero-order valence-corrected chi connectivity index (χ0v) is 7.40. The van der Waals surface area contributed by atoms with E-state index in [4.69, 9.17) is 5.73 Å². The lowest BCUT2D eigenvalue weighted by atomic mass is 9.89. The van der Waals surface area contributed by atoms with Crippen molar-refractivity contribution in [2.24, 2.45) is 5.73 Å². The third kappa shape index (κ3) is 0.866. The van der Waals surface area contributed by atoms with E-state index in [1.807, 2.05) is 6.07 Å². The summed E-state index contributed by atoms with van der Waals surface area (Å²) in [5.74, 6) is 1.54. The molecule has 0 saturated heterocycles. The van der Waals surface area contributed by atoms with Gasteiger partial charge in [-0.05, 0) is 42.0 Å². The Balaban J connectivity index is 2.16. The minimum absolute atomic E-state index is 0.319. The minimum atomic E-state index is 0.319. The van der Waals surface area contributed by atoms with Gasteiger partial charge in [-0.3, -0.25) is 0 Å². The number of benzene rings is 1. The van der Waals surface area contributed by atoms with E-state index >= 15 is 0 Å². The van der Waals surface area contributed by atoms with Crippen molar-refractivity contribution >= 4 is 0 Å². The molecule has 1 fully saturated rings. The second kappa shape index (κ2) is 2.26. The maximum absolute atomic E-state index is 9.37. The summed E-state index contributed by atoms with van der Waals surface area (Å²) in [7, 11) is 0. The highest BCUT2D eigenvalue weighted by Crippen LogP contribution is 2.52. The molecule has 68 valence electrons. The highest BCUT2D eigenvalue weighted by molar-refractivity contribution is 5.46. The molecule has 3 rings (SSSR count). The van der Waals surface area contributed by atoms with E-state index in [1.54, 1.807) is 6.07 Å². The Morgan fingerprint density at radius 3 is 2.92 bits per heavy atom. The maximum atomic E-state index is 9.37. The molecule has 2 aliphatic rings. The van der Waals surface area contributed by atoms with Gasteiger partial charge in [0.25, 0.3) is 0 Å². The predicted molar refractivity (Wildman–Crippen MR) is 50.8 cm³/mol. The van der Waals surface area contributed by atoms with E-state index in [2.05, 4.69) is 6.07 Å². The number of phenolic OH excluding ortho intramolecular Hbond substituents is 1. The molecule has 2 bridgehead atoms. The zero-order valence-electron chi connectivity index (χ0n) is 7.40. The molecule has 2 aliphatic carbocycles. The Labute approximate surface area is 77.4 Å². The number of phenols is 1. The SMILES string of the molecule is NC1CC2CC1c1cc(O)ccc12. The molecule has 0 aromatic heterocycles. The summed E-state index contributed by atoms with van der Waals surface area (Å²) in [5, 5.41) is 9.37. The standard InChI is InChI=1S/C11H13NO/c12-11-4-6-3-10(11)9-5-7(13)1-2-8(6)9/h1-2,5-6,10-11,13H,3-4,12H2. The third-order valence-electron chi connectivity index (χ3n) is 3.52. The predicted octanol–water partition coefficient (Wildman–Crippen LogP) is 1.69. The molecule has 0 heterocycles. The number of fused-ring (bicyclic) bond motifs is 5. The molecule has 0 amide bonds. The van der Waals surface area contributed by atoms with Crippen molar-refractivity contribution in [1.82, 2.24) is 0 Å². The Bertz CT molecular complexity index is 361. The van der Waals surface area contributed by atoms with Gasteiger partial charge >= 0.3 is 0 Å². The van der Waals surface area contributed by atoms with Crippen LogP contribution in [-0.4, -0.2) is 11.1 Å². The van der Waals surface area contributed by atoms with Gasteiger partial charge in [0.1, 0.15) is 5.75 Å². The monoisotopic (exact) mass is 175 g/mol. The second-order valence-corrected chi connectivity index (χ2v) is 4.25. The first-order chi connectivity index (χ1) is 6.25. The fourth-order valence-corrected chi connectivity index (χ4v) is 2.94. The first-order valence-corrected chi connectivity index (χ1v) is 4.84. The van der Waals surface area contributed by atoms with Crippen molar-refractivity contribution in [3.8, 4) is 5.75 Å². The summed E-state index contributed by atoms with van der Waals surface area (Å²) in [5.41, 5.74) is 8.72. The summed E-state index contributed by atoms with van der Waals surface area (Å²) in [6.07, 6.45) is 2.32. The number of aromatic hydroxyl groups is 1. The number of hydrogen-bond donors (Lipinski definition) is 2. The van der Waals surface area contributed by atoms with E-state index in [0.717, 1.165) is 6.42 Å². The Morgan fingerprint density at radius 2 is 2.08 bits per heavy atom. The molecule has 0 spiro atoms. The molecule has 3 atom stereocenters. The summed E-state index contributed by atoms with van der Waals surface area (Å²) < 4.78 is 0. The van der Waals surface area contributed by atoms with Crippen LogP contribution in [0.1, 0.15) is 35.8 Å². The normalized spacial score (nSPS) is 35.0. The fraction of sp³-hybridized carbons (Fsp3) is 0.455. The quantitative estimate of drug-likeness (QED) is 0.630. The lowest BCUT2D eigenvalue weighted by Crippen LogP contribution is -2.25. The van der Waals surface area contributed by atoms with Crippen LogP contribution in [-0.2, 0) is 0 Å². The second-order valence-electron chi connectivity index (χ2n) is 4.25. The smallest absolute Gasteiger partial charge is 0.115 e. The van der Waals surface area contributed by atoms with Gasteiger partial charge in [0.05, 0.1) is 0 Å². The van der Waals surface area contributed by atoms with E-state index in [9.17, 15) is 5.11 Å². The molecular formula is C11H13NO. The van der Waals surface area contributed by atoms with Crippen LogP contribution in [0.15, 0.2) is 18.2 Å². The van der Waals surface area contributed by atoms with Crippen molar-refractivity contribution in [3.63, 3.8) is 0 Å². The van der Waals surface area contributed by atoms with Crippen molar-refractivity contribution in [3.05, 3.63) is 29.3 Å². The van der Waals surface area contributed by atoms with Crippen molar-refractivity contribution in [2.75, 3.05) is 0 Å². The van der Waals surface area contributed by atoms with Gasteiger partial charge < -0.3 is 10.8 Å². The molecule has 1 saturated carbocycles. The highest BCUT2D eigenvalue weighted by atomic mass is 16.3. The summed E-state index contributed by atoms with van der Waals surface area (Å²) in [6, 6.07) is 6.05. The number of rotatable bonds is 0. The first kappa shape index (κ1) is 7.39. The van der Waals surface area contributed by atoms with Gasteiger partial charge in [-0.1, -0.05) is 6.07 Å². The van der Waals surface area contributed by atoms with Gasteiger partial charge in [-0.25, -0.2) is 0 Å². The van der Waals surface area contributed by atoms with Crippen LogP contribution in [0.2, 0.25) is 0 Å². The van der Waals surface area contributed by atoms with Crippen LogP contribution >= 0.6 is 0 Å². The lowest BCUT2D eigenvalue weighted by Gasteiger charge is -2.20. The molecule has 1 aromatic carbocycles. The van der Waals surface area contributed by atoms with Crippen LogP contribution in [0.3, 0.4) is 0 Å². The maximum Gasteiger partial charge on any atom is 0.115 e. The molecule has 1 aromatic rings. The van der Waals surface area contributed by atoms with Gasteiger partial charge in [-0.2, -0.15) is 0 Å². The van der Waals surface area contributed by atoms with E-state index in [0.29, 0.717) is 23.6 Å². The summed E-state index contributed by atoms with van der Waals surface area (Å²) >= 11 is 0. The van der Waals surface area contributed by atoms with E-state index in [1.165, 1.54) is 17.5 Å². The zero-order chi connectivity index (χ0) is 9.00. The molecular weight excluding hydrogens is 162 g/mol. The Hall–Kier alpha value is -1.02. The van der Waals surface area contributed by atoms with Gasteiger partial charge in [0.2, 0.25) is 0 Å². The van der Waals surface area contributed by atoms with Crippen LogP contribution in [0, 0.1) is 0 Å². The molecule has 0 radical (unpaired) electrons. The average molecular weight is 175 g/mol. The van der Waals surface area contributed by atoms with Crippen LogP contribution in [0.25, 0.3) is 0 Å². The first-order valence-electron chi connectivity index (χ1n) is 4.84. The fourth-order valence-electron chi connectivity index (χ4n) is 2.94. The molecule has 2 heteroatoms. The van der Waals surface area contributed by atoms with Crippen molar-refractivity contribution in [1.29, 1.82) is 0 Å². The van der Waals surface area contributed by atoms with Crippen molar-refractivity contribution in [2.45, 2.75) is 30.7 Å². The third-order valence-corrected chi connectivity index (χ3v) is 3.52. The minimum Gasteiger partial charge on any atom is -0.508 e. The van der Waals surface area contributed by atoms with Gasteiger partial charge in [0.15, 0.2) is 0 Å². The molecule has 3 N–H and O–H groups in total. The average Bonchev–Trinajstić information content (AvgIpc) is 2.60. The van der Waals surface area contributed by atoms with Crippen LogP contribution < -0.4 is 5.73 Å².